The van der Waals surface area contributed by atoms with Gasteiger partial charge in [-0.3, -0.25) is 4.79 Å². The van der Waals surface area contributed by atoms with Gasteiger partial charge in [-0.1, -0.05) is 19.9 Å². The van der Waals surface area contributed by atoms with Crippen molar-refractivity contribution in [3.05, 3.63) is 54.0 Å². The fraction of sp³-hybridized carbons (Fsp3) is 0.435. The van der Waals surface area contributed by atoms with Gasteiger partial charge in [0, 0.05) is 30.9 Å². The Labute approximate surface area is 179 Å². The van der Waals surface area contributed by atoms with Crippen LogP contribution in [0.15, 0.2) is 36.8 Å². The molecule has 1 unspecified atom stereocenters. The number of rotatable bonds is 7. The highest BCUT2D eigenvalue weighted by molar-refractivity contribution is 5.84. The average molecular weight is 428 g/mol. The number of hydrogen-bond donors (Lipinski definition) is 1. The molecule has 1 aliphatic rings. The number of carbonyl (C=O) groups is 1. The number of ether oxygens (including phenoxy) is 1. The zero-order valence-corrected chi connectivity index (χ0v) is 17.6. The third kappa shape index (κ3) is 4.68. The lowest BCUT2D eigenvalue weighted by Crippen LogP contribution is -2.35. The van der Waals surface area contributed by atoms with E-state index in [1.54, 1.807) is 10.8 Å². The standard InChI is InChI=1S/C23H26F2N4O2/c1-14(2)22(29-13-28-19-9-17(24)18(25)10-20(19)29)23(30)27-12-15-7-8-21(26-11-15)31-16-5-3-4-6-16/h7-11,13-14,16,22H,3-6,12H2,1-2H3,(H,27,30). The number of carbonyl (C=O) groups excluding carboxylic acids is 1. The van der Waals surface area contributed by atoms with Crippen molar-refractivity contribution in [1.29, 1.82) is 0 Å². The average Bonchev–Trinajstić information content (AvgIpc) is 3.38. The lowest BCUT2D eigenvalue weighted by molar-refractivity contribution is -0.125. The first-order valence-corrected chi connectivity index (χ1v) is 10.6. The van der Waals surface area contributed by atoms with Crippen LogP contribution in [0.25, 0.3) is 11.0 Å². The second-order valence-electron chi connectivity index (χ2n) is 8.34. The molecule has 1 N–H and O–H groups in total. The molecule has 2 aromatic heterocycles. The summed E-state index contributed by atoms with van der Waals surface area (Å²) in [7, 11) is 0. The van der Waals surface area contributed by atoms with Crippen molar-refractivity contribution < 1.29 is 18.3 Å². The Bertz CT molecular complexity index is 1060. The number of nitrogens with zero attached hydrogens (tertiary/aromatic N) is 3. The van der Waals surface area contributed by atoms with Crippen LogP contribution < -0.4 is 10.1 Å². The first-order valence-electron chi connectivity index (χ1n) is 10.6. The van der Waals surface area contributed by atoms with Gasteiger partial charge >= 0.3 is 0 Å². The van der Waals surface area contributed by atoms with Crippen LogP contribution in [0, 0.1) is 17.6 Å². The van der Waals surface area contributed by atoms with Gasteiger partial charge in [0.15, 0.2) is 11.6 Å². The fourth-order valence-electron chi connectivity index (χ4n) is 4.05. The molecular weight excluding hydrogens is 402 g/mol. The summed E-state index contributed by atoms with van der Waals surface area (Å²) >= 11 is 0. The SMILES string of the molecule is CC(C)C(C(=O)NCc1ccc(OC2CCCC2)nc1)n1cnc2cc(F)c(F)cc21. The Morgan fingerprint density at radius 3 is 2.61 bits per heavy atom. The quantitative estimate of drug-likeness (QED) is 0.600. The predicted molar refractivity (Wildman–Crippen MR) is 112 cm³/mol. The molecule has 1 amide bonds. The largest absolute Gasteiger partial charge is 0.474 e. The molecule has 3 aromatic rings. The fourth-order valence-corrected chi connectivity index (χ4v) is 4.05. The Balaban J connectivity index is 1.44. The van der Waals surface area contributed by atoms with Crippen molar-refractivity contribution >= 4 is 16.9 Å². The summed E-state index contributed by atoms with van der Waals surface area (Å²) in [5.74, 6) is -1.66. The monoisotopic (exact) mass is 428 g/mol. The lowest BCUT2D eigenvalue weighted by atomic mass is 10.0. The third-order valence-electron chi connectivity index (χ3n) is 5.67. The smallest absolute Gasteiger partial charge is 0.243 e. The second-order valence-corrected chi connectivity index (χ2v) is 8.34. The van der Waals surface area contributed by atoms with Crippen LogP contribution in [-0.4, -0.2) is 26.5 Å². The van der Waals surface area contributed by atoms with E-state index in [4.69, 9.17) is 4.74 Å². The number of fused-ring (bicyclic) bond motifs is 1. The van der Waals surface area contributed by atoms with Crippen molar-refractivity contribution in [2.24, 2.45) is 5.92 Å². The van der Waals surface area contributed by atoms with E-state index in [1.807, 2.05) is 26.0 Å². The summed E-state index contributed by atoms with van der Waals surface area (Å²) < 4.78 is 34.7. The molecule has 164 valence electrons. The van der Waals surface area contributed by atoms with E-state index in [0.29, 0.717) is 23.5 Å². The first kappa shape index (κ1) is 21.2. The number of imidazole rings is 1. The van der Waals surface area contributed by atoms with Crippen LogP contribution >= 0.6 is 0 Å². The molecule has 0 bridgehead atoms. The minimum Gasteiger partial charge on any atom is -0.474 e. The maximum atomic E-state index is 13.8. The molecule has 1 atom stereocenters. The summed E-state index contributed by atoms with van der Waals surface area (Å²) in [6.07, 6.45) is 7.90. The van der Waals surface area contributed by atoms with E-state index in [0.717, 1.165) is 30.5 Å². The molecule has 6 nitrogen and oxygen atoms in total. The number of benzene rings is 1. The Morgan fingerprint density at radius 2 is 1.94 bits per heavy atom. The number of nitrogens with one attached hydrogen (secondary N) is 1. The van der Waals surface area contributed by atoms with E-state index < -0.39 is 17.7 Å². The van der Waals surface area contributed by atoms with E-state index in [2.05, 4.69) is 15.3 Å². The highest BCUT2D eigenvalue weighted by Crippen LogP contribution is 2.26. The van der Waals surface area contributed by atoms with Gasteiger partial charge in [-0.05, 0) is 37.2 Å². The van der Waals surface area contributed by atoms with Crippen LogP contribution in [0.2, 0.25) is 0 Å². The highest BCUT2D eigenvalue weighted by Gasteiger charge is 2.26. The van der Waals surface area contributed by atoms with Crippen LogP contribution in [0.1, 0.15) is 51.1 Å². The first-order chi connectivity index (χ1) is 14.9. The van der Waals surface area contributed by atoms with Crippen LogP contribution in [0.4, 0.5) is 8.78 Å². The third-order valence-corrected chi connectivity index (χ3v) is 5.67. The molecule has 0 aliphatic heterocycles. The molecule has 0 spiro atoms. The van der Waals surface area contributed by atoms with Gasteiger partial charge in [-0.15, -0.1) is 0 Å². The number of amides is 1. The van der Waals surface area contributed by atoms with Gasteiger partial charge < -0.3 is 14.6 Å². The lowest BCUT2D eigenvalue weighted by Gasteiger charge is -2.22. The van der Waals surface area contributed by atoms with Crippen molar-refractivity contribution in [2.45, 2.75) is 58.2 Å². The normalized spacial score (nSPS) is 15.5. The molecule has 1 aliphatic carbocycles. The summed E-state index contributed by atoms with van der Waals surface area (Å²) in [6, 6.07) is 5.20. The molecule has 0 saturated heterocycles. The maximum absolute atomic E-state index is 13.8. The Kier molecular flexibility index (Phi) is 6.15. The van der Waals surface area contributed by atoms with Crippen LogP contribution in [0.3, 0.4) is 0 Å². The molecule has 1 aromatic carbocycles. The van der Waals surface area contributed by atoms with Crippen LogP contribution in [0.5, 0.6) is 5.88 Å². The topological polar surface area (TPSA) is 69.0 Å². The van der Waals surface area contributed by atoms with E-state index in [1.165, 1.54) is 19.2 Å². The zero-order chi connectivity index (χ0) is 22.0. The van der Waals surface area contributed by atoms with Gasteiger partial charge in [0.25, 0.3) is 0 Å². The van der Waals surface area contributed by atoms with E-state index >= 15 is 0 Å². The molecule has 4 rings (SSSR count). The van der Waals surface area contributed by atoms with Gasteiger partial charge in [0.2, 0.25) is 11.8 Å². The Morgan fingerprint density at radius 1 is 1.19 bits per heavy atom. The van der Waals surface area contributed by atoms with Crippen molar-refractivity contribution in [1.82, 2.24) is 19.9 Å². The molecule has 31 heavy (non-hydrogen) atoms. The maximum Gasteiger partial charge on any atom is 0.243 e. The number of hydrogen-bond acceptors (Lipinski definition) is 4. The summed E-state index contributed by atoms with van der Waals surface area (Å²) in [6.45, 7) is 4.09. The van der Waals surface area contributed by atoms with Crippen molar-refractivity contribution in [3.8, 4) is 5.88 Å². The zero-order valence-electron chi connectivity index (χ0n) is 17.6. The number of pyridine rings is 1. The molecule has 0 radical (unpaired) electrons. The molecular formula is C23H26F2N4O2. The number of halogens is 2. The minimum atomic E-state index is -0.969. The molecule has 2 heterocycles. The van der Waals surface area contributed by atoms with Gasteiger partial charge in [-0.2, -0.15) is 0 Å². The van der Waals surface area contributed by atoms with Gasteiger partial charge in [0.05, 0.1) is 17.4 Å². The van der Waals surface area contributed by atoms with Crippen molar-refractivity contribution in [3.63, 3.8) is 0 Å². The van der Waals surface area contributed by atoms with Gasteiger partial charge in [0.1, 0.15) is 12.1 Å². The minimum absolute atomic E-state index is 0.0918. The predicted octanol–water partition coefficient (Wildman–Crippen LogP) is 4.54. The second kappa shape index (κ2) is 8.99. The van der Waals surface area contributed by atoms with Gasteiger partial charge in [-0.25, -0.2) is 18.7 Å². The summed E-state index contributed by atoms with van der Waals surface area (Å²) in [5.41, 5.74) is 1.53. The molecule has 1 saturated carbocycles. The van der Waals surface area contributed by atoms with E-state index in [9.17, 15) is 13.6 Å². The summed E-state index contributed by atoms with van der Waals surface area (Å²) in [5, 5.41) is 2.92. The van der Waals surface area contributed by atoms with E-state index in [-0.39, 0.29) is 17.9 Å². The highest BCUT2D eigenvalue weighted by atomic mass is 19.2. The Hall–Kier alpha value is -3.03. The number of aromatic nitrogens is 3. The molecule has 1 fully saturated rings. The van der Waals surface area contributed by atoms with Crippen LogP contribution in [-0.2, 0) is 11.3 Å². The summed E-state index contributed by atoms with van der Waals surface area (Å²) in [4.78, 5) is 21.4. The van der Waals surface area contributed by atoms with Crippen molar-refractivity contribution in [2.75, 3.05) is 0 Å². The molecule has 8 heteroatoms.